The summed E-state index contributed by atoms with van der Waals surface area (Å²) in [5.41, 5.74) is 10.1. The molecule has 0 aliphatic carbocycles. The number of fused-ring (bicyclic) bond motifs is 1. The van der Waals surface area contributed by atoms with Crippen molar-refractivity contribution in [3.05, 3.63) is 181 Å². The Morgan fingerprint density at radius 1 is 0.655 bits per heavy atom. The van der Waals surface area contributed by atoms with E-state index in [2.05, 4.69) is 105 Å². The number of aryl methyl sites for hydroxylation is 2. The van der Waals surface area contributed by atoms with E-state index < -0.39 is 24.5 Å². The molecular formula is C47H42N2O6. The first-order valence-corrected chi connectivity index (χ1v) is 17.8. The minimum absolute atomic E-state index is 0.540. The molecule has 0 amide bonds. The van der Waals surface area contributed by atoms with Crippen molar-refractivity contribution >= 4 is 51.6 Å². The quantitative estimate of drug-likeness (QED) is 0.0474. The predicted molar refractivity (Wildman–Crippen MR) is 219 cm³/mol. The van der Waals surface area contributed by atoms with Gasteiger partial charge in [0.1, 0.15) is 11.5 Å². The Bertz CT molecular complexity index is 2270. The molecule has 0 fully saturated rings. The van der Waals surface area contributed by atoms with Crippen LogP contribution in [-0.2, 0) is 19.1 Å². The second-order valence-electron chi connectivity index (χ2n) is 12.8. The Kier molecular flexibility index (Phi) is 11.9. The zero-order chi connectivity index (χ0) is 38.9. The van der Waals surface area contributed by atoms with Crippen molar-refractivity contribution in [2.24, 2.45) is 0 Å². The van der Waals surface area contributed by atoms with Gasteiger partial charge in [0.15, 0.2) is 0 Å². The van der Waals surface area contributed by atoms with Gasteiger partial charge in [0.25, 0.3) is 0 Å². The molecule has 0 aliphatic heterocycles. The molecule has 2 atom stereocenters. The highest BCUT2D eigenvalue weighted by Crippen LogP contribution is 2.39. The summed E-state index contributed by atoms with van der Waals surface area (Å²) < 4.78 is 21.9. The van der Waals surface area contributed by atoms with E-state index in [4.69, 9.17) is 23.9 Å². The summed E-state index contributed by atoms with van der Waals surface area (Å²) in [6.45, 7) is 14.4. The third-order valence-electron chi connectivity index (χ3n) is 8.90. The van der Waals surface area contributed by atoms with Crippen LogP contribution in [0.3, 0.4) is 0 Å². The first-order chi connectivity index (χ1) is 26.6. The minimum atomic E-state index is -0.793. The van der Waals surface area contributed by atoms with E-state index in [0.717, 1.165) is 62.4 Å². The molecule has 6 rings (SSSR count). The Hall–Kier alpha value is -6.93. The molecular weight excluding hydrogens is 689 g/mol. The molecule has 0 saturated heterocycles. The number of carbonyl (C=O) groups is 2. The molecule has 8 nitrogen and oxygen atoms in total. The largest absolute Gasteiger partial charge is 0.455 e. The highest BCUT2D eigenvalue weighted by atomic mass is 16.7. The van der Waals surface area contributed by atoms with E-state index in [1.165, 1.54) is 11.1 Å². The second-order valence-corrected chi connectivity index (χ2v) is 12.8. The monoisotopic (exact) mass is 730 g/mol. The van der Waals surface area contributed by atoms with Gasteiger partial charge in [-0.3, -0.25) is 4.98 Å². The summed E-state index contributed by atoms with van der Waals surface area (Å²) in [5, 5.41) is 1.06. The van der Waals surface area contributed by atoms with E-state index in [0.29, 0.717) is 11.5 Å². The normalized spacial score (nSPS) is 11.8. The highest BCUT2D eigenvalue weighted by Gasteiger charge is 2.17. The zero-order valence-corrected chi connectivity index (χ0v) is 31.3. The standard InChI is InChI=1S/C47H42N2O6/c1-7-45(50)54-33(5)52-41-24-17-36(18-25-41)43(37-19-26-42(27-20-37)53-34(6)55-46(51)8-2)30-35-15-22-39(23-16-35)49(40-21-14-31(3)32(4)29-40)44-13-9-11-38-12-10-28-48-47(38)44/h7-30,33-34H,1-2H2,3-6H3. The number of carbonyl (C=O) groups excluding carboxylic acids is 2. The fourth-order valence-corrected chi connectivity index (χ4v) is 6.06. The molecule has 5 aromatic carbocycles. The van der Waals surface area contributed by atoms with Crippen LogP contribution in [0, 0.1) is 13.8 Å². The second kappa shape index (κ2) is 17.3. The van der Waals surface area contributed by atoms with E-state index in [1.807, 2.05) is 60.8 Å². The molecule has 2 unspecified atom stereocenters. The molecule has 0 bridgehead atoms. The van der Waals surface area contributed by atoms with Gasteiger partial charge in [0.05, 0.1) is 11.2 Å². The van der Waals surface area contributed by atoms with Gasteiger partial charge >= 0.3 is 11.9 Å². The van der Waals surface area contributed by atoms with Crippen molar-refractivity contribution in [2.75, 3.05) is 4.90 Å². The van der Waals surface area contributed by atoms with E-state index >= 15 is 0 Å². The van der Waals surface area contributed by atoms with Gasteiger partial charge in [-0.05, 0) is 114 Å². The van der Waals surface area contributed by atoms with Gasteiger partial charge in [0.2, 0.25) is 12.6 Å². The van der Waals surface area contributed by atoms with Crippen LogP contribution < -0.4 is 14.4 Å². The summed E-state index contributed by atoms with van der Waals surface area (Å²) in [6, 6.07) is 40.3. The summed E-state index contributed by atoms with van der Waals surface area (Å²) in [5.74, 6) is -0.0465. The topological polar surface area (TPSA) is 87.2 Å². The van der Waals surface area contributed by atoms with Crippen LogP contribution in [0.1, 0.15) is 41.7 Å². The van der Waals surface area contributed by atoms with E-state index in [-0.39, 0.29) is 0 Å². The maximum atomic E-state index is 11.6. The highest BCUT2D eigenvalue weighted by molar-refractivity contribution is 5.97. The Morgan fingerprint density at radius 2 is 1.20 bits per heavy atom. The van der Waals surface area contributed by atoms with Crippen molar-refractivity contribution in [1.82, 2.24) is 4.98 Å². The molecule has 0 aliphatic rings. The molecule has 1 aromatic heterocycles. The maximum Gasteiger partial charge on any atom is 0.333 e. The number of aromatic nitrogens is 1. The van der Waals surface area contributed by atoms with Gasteiger partial charge in [-0.25, -0.2) is 9.59 Å². The van der Waals surface area contributed by atoms with Crippen molar-refractivity contribution in [3.8, 4) is 11.5 Å². The van der Waals surface area contributed by atoms with Crippen LogP contribution in [-0.4, -0.2) is 29.5 Å². The Balaban J connectivity index is 1.37. The third-order valence-corrected chi connectivity index (χ3v) is 8.90. The van der Waals surface area contributed by atoms with Crippen LogP contribution in [0.25, 0.3) is 22.6 Å². The molecule has 276 valence electrons. The smallest absolute Gasteiger partial charge is 0.333 e. The first-order valence-electron chi connectivity index (χ1n) is 17.8. The third kappa shape index (κ3) is 9.36. The number of hydrogen-bond acceptors (Lipinski definition) is 8. The maximum absolute atomic E-state index is 11.6. The van der Waals surface area contributed by atoms with E-state index in [9.17, 15) is 9.59 Å². The van der Waals surface area contributed by atoms with Crippen LogP contribution >= 0.6 is 0 Å². The first kappa shape index (κ1) is 37.8. The van der Waals surface area contributed by atoms with Gasteiger partial charge in [-0.15, -0.1) is 0 Å². The lowest BCUT2D eigenvalue weighted by atomic mass is 9.95. The van der Waals surface area contributed by atoms with Crippen LogP contribution in [0.4, 0.5) is 17.1 Å². The molecule has 0 N–H and O–H groups in total. The number of rotatable bonds is 14. The van der Waals surface area contributed by atoms with Crippen molar-refractivity contribution in [2.45, 2.75) is 40.3 Å². The Labute approximate surface area is 321 Å². The lowest BCUT2D eigenvalue weighted by Gasteiger charge is -2.27. The number of para-hydroxylation sites is 1. The van der Waals surface area contributed by atoms with Crippen molar-refractivity contribution in [3.63, 3.8) is 0 Å². The van der Waals surface area contributed by atoms with Crippen molar-refractivity contribution < 1.29 is 28.5 Å². The predicted octanol–water partition coefficient (Wildman–Crippen LogP) is 10.8. The Morgan fingerprint density at radius 3 is 1.75 bits per heavy atom. The average Bonchev–Trinajstić information content (AvgIpc) is 3.19. The molecule has 0 saturated carbocycles. The van der Waals surface area contributed by atoms with E-state index in [1.54, 1.807) is 13.8 Å². The van der Waals surface area contributed by atoms with Gasteiger partial charge in [-0.2, -0.15) is 0 Å². The number of nitrogens with zero attached hydrogens (tertiary/aromatic N) is 2. The van der Waals surface area contributed by atoms with Gasteiger partial charge in [0, 0.05) is 49.0 Å². The number of pyridine rings is 1. The number of benzene rings is 5. The number of anilines is 3. The van der Waals surface area contributed by atoms with Gasteiger partial charge in [-0.1, -0.05) is 73.8 Å². The molecule has 0 spiro atoms. The van der Waals surface area contributed by atoms with Crippen molar-refractivity contribution in [1.29, 1.82) is 0 Å². The number of hydrogen-bond donors (Lipinski definition) is 0. The van der Waals surface area contributed by atoms with Crippen LogP contribution in [0.5, 0.6) is 11.5 Å². The summed E-state index contributed by atoms with van der Waals surface area (Å²) in [4.78, 5) is 30.3. The van der Waals surface area contributed by atoms with Gasteiger partial charge < -0.3 is 23.8 Å². The average molecular weight is 731 g/mol. The molecule has 8 heteroatoms. The van der Waals surface area contributed by atoms with Crippen LogP contribution in [0.2, 0.25) is 0 Å². The number of esters is 2. The lowest BCUT2D eigenvalue weighted by Crippen LogP contribution is -2.19. The van der Waals surface area contributed by atoms with Crippen LogP contribution in [0.15, 0.2) is 153 Å². The molecule has 55 heavy (non-hydrogen) atoms. The fourth-order valence-electron chi connectivity index (χ4n) is 6.06. The summed E-state index contributed by atoms with van der Waals surface area (Å²) >= 11 is 0. The molecule has 6 aromatic rings. The number of ether oxygens (including phenoxy) is 4. The molecule has 1 heterocycles. The summed E-state index contributed by atoms with van der Waals surface area (Å²) in [7, 11) is 0. The minimum Gasteiger partial charge on any atom is -0.455 e. The lowest BCUT2D eigenvalue weighted by molar-refractivity contribution is -0.156. The zero-order valence-electron chi connectivity index (χ0n) is 31.3. The SMILES string of the molecule is C=CC(=O)OC(C)Oc1ccc(C(=Cc2ccc(N(c3ccc(C)c(C)c3)c3cccc4cccnc34)cc2)c2ccc(OC(C)OC(=O)C=C)cc2)cc1. The summed E-state index contributed by atoms with van der Waals surface area (Å²) in [6.07, 6.45) is 4.56. The fraction of sp³-hybridized carbons (Fsp3) is 0.128. The molecule has 0 radical (unpaired) electrons.